The molecule has 13 heteroatoms. The van der Waals surface area contributed by atoms with E-state index in [1.165, 1.54) is 6.92 Å². The Morgan fingerprint density at radius 2 is 1.20 bits per heavy atom. The summed E-state index contributed by atoms with van der Waals surface area (Å²) in [4.78, 5) is 71.8. The summed E-state index contributed by atoms with van der Waals surface area (Å²) in [6, 6.07) is -4.07. The summed E-state index contributed by atoms with van der Waals surface area (Å²) in [6.45, 7) is 8.20. The first-order valence-electron chi connectivity index (χ1n) is 11.6. The molecule has 13 nitrogen and oxygen atoms in total. The van der Waals surface area contributed by atoms with Gasteiger partial charge in [-0.05, 0) is 38.0 Å². The fourth-order valence-corrected chi connectivity index (χ4v) is 3.08. The summed E-state index contributed by atoms with van der Waals surface area (Å²) in [7, 11) is 0. The normalized spacial score (nSPS) is 14.4. The molecule has 0 aliphatic rings. The predicted molar refractivity (Wildman–Crippen MR) is 127 cm³/mol. The van der Waals surface area contributed by atoms with Crippen molar-refractivity contribution in [3.63, 3.8) is 0 Å². The molecule has 0 radical (unpaired) electrons. The van der Waals surface area contributed by atoms with Crippen molar-refractivity contribution in [1.29, 1.82) is 0 Å². The monoisotopic (exact) mass is 500 g/mol. The van der Waals surface area contributed by atoms with Gasteiger partial charge in [0.05, 0.1) is 6.04 Å². The fourth-order valence-electron chi connectivity index (χ4n) is 3.08. The summed E-state index contributed by atoms with van der Waals surface area (Å²) < 4.78 is 0. The lowest BCUT2D eigenvalue weighted by Crippen LogP contribution is -2.58. The van der Waals surface area contributed by atoms with Gasteiger partial charge in [0.15, 0.2) is 0 Å². The van der Waals surface area contributed by atoms with E-state index in [0.29, 0.717) is 0 Å². The molecule has 5 amide bonds. The van der Waals surface area contributed by atoms with Crippen LogP contribution in [0.4, 0.5) is 0 Å². The molecule has 200 valence electrons. The smallest absolute Gasteiger partial charge is 0.322 e. The minimum Gasteiger partial charge on any atom is -0.480 e. The first-order chi connectivity index (χ1) is 16.1. The molecule has 0 rings (SSSR count). The van der Waals surface area contributed by atoms with E-state index in [-0.39, 0.29) is 37.5 Å². The average Bonchev–Trinajstić information content (AvgIpc) is 2.73. The molecule has 0 saturated heterocycles. The second kappa shape index (κ2) is 15.6. The zero-order valence-corrected chi connectivity index (χ0v) is 21.1. The highest BCUT2D eigenvalue weighted by Gasteiger charge is 2.30. The molecule has 9 N–H and O–H groups in total. The third-order valence-electron chi connectivity index (χ3n) is 4.88. The van der Waals surface area contributed by atoms with Crippen LogP contribution >= 0.6 is 0 Å². The third kappa shape index (κ3) is 13.9. The number of carbonyl (C=O) groups is 6. The SMILES string of the molecule is CC(C)C[C@H](NC(=O)[C@H](CC(C)C)NC(=O)[C@@H](N)CCC(N)=O)C(=O)N[C@@H](C)C(=O)NCC(=O)O. The average molecular weight is 501 g/mol. The predicted octanol–water partition coefficient (Wildman–Crippen LogP) is -1.65. The number of nitrogens with two attached hydrogens (primary N) is 2. The van der Waals surface area contributed by atoms with Gasteiger partial charge in [-0.15, -0.1) is 0 Å². The summed E-state index contributed by atoms with van der Waals surface area (Å²) >= 11 is 0. The molecule has 0 fully saturated rings. The van der Waals surface area contributed by atoms with Gasteiger partial charge in [0.2, 0.25) is 29.5 Å². The van der Waals surface area contributed by atoms with Gasteiger partial charge < -0.3 is 37.8 Å². The van der Waals surface area contributed by atoms with Crippen molar-refractivity contribution in [2.75, 3.05) is 6.54 Å². The number of rotatable bonds is 16. The zero-order chi connectivity index (χ0) is 27.3. The quantitative estimate of drug-likeness (QED) is 0.130. The zero-order valence-electron chi connectivity index (χ0n) is 21.1. The largest absolute Gasteiger partial charge is 0.480 e. The Bertz CT molecular complexity index is 771. The van der Waals surface area contributed by atoms with Crippen molar-refractivity contribution >= 4 is 35.5 Å². The fraction of sp³-hybridized carbons (Fsp3) is 0.727. The van der Waals surface area contributed by atoms with Gasteiger partial charge in [-0.25, -0.2) is 0 Å². The number of hydrogen-bond acceptors (Lipinski definition) is 7. The van der Waals surface area contributed by atoms with Crippen molar-refractivity contribution in [3.05, 3.63) is 0 Å². The van der Waals surface area contributed by atoms with Gasteiger partial charge in [0, 0.05) is 6.42 Å². The molecule has 0 spiro atoms. The van der Waals surface area contributed by atoms with Crippen molar-refractivity contribution in [2.24, 2.45) is 23.3 Å². The highest BCUT2D eigenvalue weighted by molar-refractivity contribution is 5.95. The maximum absolute atomic E-state index is 13.0. The highest BCUT2D eigenvalue weighted by Crippen LogP contribution is 2.10. The molecule has 0 aromatic rings. The number of hydrogen-bond donors (Lipinski definition) is 7. The maximum Gasteiger partial charge on any atom is 0.322 e. The number of carboxylic acids is 1. The molecule has 0 heterocycles. The standard InChI is InChI=1S/C22H40N6O7/c1-11(2)8-15(21(34)26-13(5)19(32)25-10-18(30)31)28-22(35)16(9-12(3)4)27-20(33)14(23)6-7-17(24)29/h11-16H,6-10,23H2,1-5H3,(H2,24,29)(H,25,32)(H,26,34)(H,27,33)(H,28,35)(H,30,31)/t13-,14-,15-,16-/m0/s1. The van der Waals surface area contributed by atoms with Crippen molar-refractivity contribution < 1.29 is 33.9 Å². The summed E-state index contributed by atoms with van der Waals surface area (Å²) in [6.07, 6.45) is 0.466. The van der Waals surface area contributed by atoms with Crippen LogP contribution in [0.1, 0.15) is 60.3 Å². The second-order valence-electron chi connectivity index (χ2n) is 9.33. The Kier molecular flexibility index (Phi) is 14.2. The lowest BCUT2D eigenvalue weighted by Gasteiger charge is -2.26. The molecule has 0 saturated carbocycles. The Morgan fingerprint density at radius 3 is 1.63 bits per heavy atom. The van der Waals surface area contributed by atoms with Gasteiger partial charge in [0.1, 0.15) is 24.7 Å². The van der Waals surface area contributed by atoms with E-state index in [0.717, 1.165) is 0 Å². The summed E-state index contributed by atoms with van der Waals surface area (Å²) in [5.41, 5.74) is 10.9. The van der Waals surface area contributed by atoms with Gasteiger partial charge in [-0.2, -0.15) is 0 Å². The molecule has 0 aromatic heterocycles. The molecule has 0 aliphatic carbocycles. The minimum atomic E-state index is -1.23. The maximum atomic E-state index is 13.0. The minimum absolute atomic E-state index is 0.00237. The Morgan fingerprint density at radius 1 is 0.743 bits per heavy atom. The number of amides is 5. The molecule has 0 aliphatic heterocycles. The first-order valence-corrected chi connectivity index (χ1v) is 11.6. The van der Waals surface area contributed by atoms with Crippen LogP contribution in [0.3, 0.4) is 0 Å². The van der Waals surface area contributed by atoms with Crippen LogP contribution in [-0.2, 0) is 28.8 Å². The first kappa shape index (κ1) is 31.8. The Hall–Kier alpha value is -3.22. The number of carbonyl (C=O) groups excluding carboxylic acids is 5. The number of primary amides is 1. The van der Waals surface area contributed by atoms with E-state index < -0.39 is 66.2 Å². The van der Waals surface area contributed by atoms with Gasteiger partial charge >= 0.3 is 5.97 Å². The van der Waals surface area contributed by atoms with E-state index >= 15 is 0 Å². The van der Waals surface area contributed by atoms with Crippen LogP contribution < -0.4 is 32.7 Å². The lowest BCUT2D eigenvalue weighted by molar-refractivity contribution is -0.138. The van der Waals surface area contributed by atoms with Crippen LogP contribution in [0.2, 0.25) is 0 Å². The molecule has 0 aromatic carbocycles. The molecule has 4 atom stereocenters. The van der Waals surface area contributed by atoms with Crippen LogP contribution in [0.5, 0.6) is 0 Å². The van der Waals surface area contributed by atoms with E-state index in [1.54, 1.807) is 0 Å². The number of aliphatic carboxylic acids is 1. The van der Waals surface area contributed by atoms with Gasteiger partial charge in [-0.1, -0.05) is 27.7 Å². The molecular weight excluding hydrogens is 460 g/mol. The molecule has 0 bridgehead atoms. The topological polar surface area (TPSA) is 223 Å². The van der Waals surface area contributed by atoms with E-state index in [1.807, 2.05) is 27.7 Å². The number of carboxylic acid groups (broad SMARTS) is 1. The molecule has 35 heavy (non-hydrogen) atoms. The lowest BCUT2D eigenvalue weighted by atomic mass is 9.99. The Labute approximate surface area is 205 Å². The molecular formula is C22H40N6O7. The van der Waals surface area contributed by atoms with Crippen LogP contribution in [-0.4, -0.2) is 71.3 Å². The van der Waals surface area contributed by atoms with E-state index in [9.17, 15) is 28.8 Å². The second-order valence-corrected chi connectivity index (χ2v) is 9.33. The van der Waals surface area contributed by atoms with E-state index in [2.05, 4.69) is 21.3 Å². The number of nitrogens with one attached hydrogen (secondary N) is 4. The van der Waals surface area contributed by atoms with Crippen LogP contribution in [0.25, 0.3) is 0 Å². The Balaban J connectivity index is 5.36. The van der Waals surface area contributed by atoms with Crippen LogP contribution in [0.15, 0.2) is 0 Å². The van der Waals surface area contributed by atoms with Gasteiger partial charge in [0.25, 0.3) is 0 Å². The van der Waals surface area contributed by atoms with Crippen LogP contribution in [0, 0.1) is 11.8 Å². The highest BCUT2D eigenvalue weighted by atomic mass is 16.4. The van der Waals surface area contributed by atoms with Crippen molar-refractivity contribution in [3.8, 4) is 0 Å². The summed E-state index contributed by atoms with van der Waals surface area (Å²) in [5, 5.41) is 18.5. The van der Waals surface area contributed by atoms with Gasteiger partial charge in [-0.3, -0.25) is 28.8 Å². The van der Waals surface area contributed by atoms with Crippen molar-refractivity contribution in [2.45, 2.75) is 84.5 Å². The molecule has 0 unspecified atom stereocenters. The third-order valence-corrected chi connectivity index (χ3v) is 4.88. The van der Waals surface area contributed by atoms with E-state index in [4.69, 9.17) is 16.6 Å². The van der Waals surface area contributed by atoms with Crippen molar-refractivity contribution in [1.82, 2.24) is 21.3 Å². The summed E-state index contributed by atoms with van der Waals surface area (Å²) in [5.74, 6) is -4.35.